The highest BCUT2D eigenvalue weighted by molar-refractivity contribution is 5.75. The summed E-state index contributed by atoms with van der Waals surface area (Å²) >= 11 is 0. The van der Waals surface area contributed by atoms with Gasteiger partial charge in [0.15, 0.2) is 6.29 Å². The van der Waals surface area contributed by atoms with Crippen molar-refractivity contribution in [1.82, 2.24) is 15.3 Å². The number of ether oxygens (including phenoxy) is 1. The fraction of sp³-hybridized carbons (Fsp3) is 0.406. The van der Waals surface area contributed by atoms with Crippen molar-refractivity contribution in [3.05, 3.63) is 89.1 Å². The van der Waals surface area contributed by atoms with Gasteiger partial charge in [0, 0.05) is 69.3 Å². The number of carbonyl (C=O) groups is 1. The van der Waals surface area contributed by atoms with Crippen LogP contribution in [0.15, 0.2) is 55.1 Å². The number of nitrogens with two attached hydrogens (primary N) is 2. The zero-order valence-electron chi connectivity index (χ0n) is 24.1. The first-order chi connectivity index (χ1) is 20.8. The SMILES string of the molecule is CNc1cnccc1C1CC(N)C(N/C=C\N)C(Cc2cc(C3(O)CCOCC3)cc(F)c2-c2nc(C=O)ccc2F)C1. The quantitative estimate of drug-likeness (QED) is 0.234. The van der Waals surface area contributed by atoms with Crippen molar-refractivity contribution >= 4 is 12.0 Å². The molecule has 5 rings (SSSR count). The fourth-order valence-electron chi connectivity index (χ4n) is 6.63. The van der Waals surface area contributed by atoms with Crippen molar-refractivity contribution in [1.29, 1.82) is 0 Å². The summed E-state index contributed by atoms with van der Waals surface area (Å²) in [5.41, 5.74) is 13.7. The molecular weight excluding hydrogens is 554 g/mol. The maximum atomic E-state index is 16.2. The Morgan fingerprint density at radius 2 is 1.95 bits per heavy atom. The lowest BCUT2D eigenvalue weighted by Gasteiger charge is -2.42. The molecule has 1 saturated heterocycles. The molecule has 4 atom stereocenters. The molecule has 3 aromatic rings. The third-order valence-electron chi connectivity index (χ3n) is 8.80. The molecule has 11 heteroatoms. The number of halogens is 2. The number of aldehydes is 1. The average Bonchev–Trinajstić information content (AvgIpc) is 3.01. The van der Waals surface area contributed by atoms with Gasteiger partial charge in [-0.1, -0.05) is 6.07 Å². The number of hydrogen-bond donors (Lipinski definition) is 5. The molecule has 1 aliphatic heterocycles. The highest BCUT2D eigenvalue weighted by atomic mass is 19.1. The van der Waals surface area contributed by atoms with Crippen LogP contribution in [-0.2, 0) is 16.8 Å². The number of carbonyl (C=O) groups excluding carboxylic acids is 1. The van der Waals surface area contributed by atoms with Crippen LogP contribution in [0.4, 0.5) is 14.5 Å². The van der Waals surface area contributed by atoms with Gasteiger partial charge in [0.05, 0.1) is 17.5 Å². The summed E-state index contributed by atoms with van der Waals surface area (Å²) < 4.78 is 36.9. The molecule has 2 fully saturated rings. The number of anilines is 1. The Bertz CT molecular complexity index is 1480. The molecule has 4 unspecified atom stereocenters. The van der Waals surface area contributed by atoms with Gasteiger partial charge < -0.3 is 31.9 Å². The highest BCUT2D eigenvalue weighted by Gasteiger charge is 2.39. The van der Waals surface area contributed by atoms with E-state index in [1.807, 2.05) is 13.1 Å². The first kappa shape index (κ1) is 30.5. The summed E-state index contributed by atoms with van der Waals surface area (Å²) in [6, 6.07) is 6.81. The molecule has 1 saturated carbocycles. The second-order valence-electron chi connectivity index (χ2n) is 11.4. The molecule has 0 radical (unpaired) electrons. The number of aromatic nitrogens is 2. The van der Waals surface area contributed by atoms with Crippen LogP contribution >= 0.6 is 0 Å². The molecule has 7 N–H and O–H groups in total. The van der Waals surface area contributed by atoms with Gasteiger partial charge in [0.2, 0.25) is 0 Å². The van der Waals surface area contributed by atoms with Crippen molar-refractivity contribution in [2.45, 2.75) is 55.7 Å². The van der Waals surface area contributed by atoms with E-state index >= 15 is 8.78 Å². The summed E-state index contributed by atoms with van der Waals surface area (Å²) in [5.74, 6) is -1.57. The summed E-state index contributed by atoms with van der Waals surface area (Å²) in [5, 5.41) is 18.0. The van der Waals surface area contributed by atoms with Crippen molar-refractivity contribution in [2.75, 3.05) is 25.6 Å². The van der Waals surface area contributed by atoms with E-state index in [1.54, 1.807) is 24.7 Å². The van der Waals surface area contributed by atoms with E-state index in [2.05, 4.69) is 20.6 Å². The van der Waals surface area contributed by atoms with Crippen molar-refractivity contribution in [2.24, 2.45) is 17.4 Å². The summed E-state index contributed by atoms with van der Waals surface area (Å²) in [6.07, 6.45) is 9.31. The molecule has 3 heterocycles. The molecule has 0 bridgehead atoms. The lowest BCUT2D eigenvalue weighted by molar-refractivity contribution is -0.0681. The van der Waals surface area contributed by atoms with Crippen LogP contribution in [0.5, 0.6) is 0 Å². The lowest BCUT2D eigenvalue weighted by Crippen LogP contribution is -2.52. The fourth-order valence-corrected chi connectivity index (χ4v) is 6.63. The topological polar surface area (TPSA) is 148 Å². The molecule has 9 nitrogen and oxygen atoms in total. The van der Waals surface area contributed by atoms with E-state index in [0.29, 0.717) is 62.7 Å². The third-order valence-corrected chi connectivity index (χ3v) is 8.80. The summed E-state index contributed by atoms with van der Waals surface area (Å²) in [7, 11) is 1.84. The minimum absolute atomic E-state index is 0.0152. The van der Waals surface area contributed by atoms with Crippen LogP contribution < -0.4 is 22.1 Å². The van der Waals surface area contributed by atoms with Crippen LogP contribution in [0.3, 0.4) is 0 Å². The van der Waals surface area contributed by atoms with E-state index < -0.39 is 17.2 Å². The molecule has 2 aliphatic rings. The van der Waals surface area contributed by atoms with Gasteiger partial charge in [-0.15, -0.1) is 0 Å². The molecular formula is C32H38F2N6O3. The molecule has 1 aromatic carbocycles. The molecule has 0 spiro atoms. The summed E-state index contributed by atoms with van der Waals surface area (Å²) in [6.45, 7) is 0.673. The maximum Gasteiger partial charge on any atom is 0.168 e. The van der Waals surface area contributed by atoms with E-state index in [-0.39, 0.29) is 40.9 Å². The van der Waals surface area contributed by atoms with Crippen LogP contribution in [0, 0.1) is 17.6 Å². The first-order valence-electron chi connectivity index (χ1n) is 14.5. The second-order valence-corrected chi connectivity index (χ2v) is 11.4. The predicted molar refractivity (Wildman–Crippen MR) is 160 cm³/mol. The molecule has 0 amide bonds. The van der Waals surface area contributed by atoms with E-state index in [9.17, 15) is 9.90 Å². The largest absolute Gasteiger partial charge is 0.403 e. The van der Waals surface area contributed by atoms with Crippen molar-refractivity contribution in [3.63, 3.8) is 0 Å². The number of hydrogen-bond acceptors (Lipinski definition) is 9. The number of nitrogens with one attached hydrogen (secondary N) is 2. The second kappa shape index (κ2) is 13.2. The van der Waals surface area contributed by atoms with Gasteiger partial charge in [-0.3, -0.25) is 9.78 Å². The molecule has 228 valence electrons. The van der Waals surface area contributed by atoms with Crippen LogP contribution in [0.2, 0.25) is 0 Å². The van der Waals surface area contributed by atoms with Crippen molar-refractivity contribution in [3.8, 4) is 11.3 Å². The molecule has 1 aliphatic carbocycles. The van der Waals surface area contributed by atoms with Gasteiger partial charge >= 0.3 is 0 Å². The number of nitrogens with zero attached hydrogens (tertiary/aromatic N) is 2. The smallest absolute Gasteiger partial charge is 0.168 e. The van der Waals surface area contributed by atoms with E-state index in [4.69, 9.17) is 16.2 Å². The van der Waals surface area contributed by atoms with Gasteiger partial charge in [-0.2, -0.15) is 0 Å². The lowest BCUT2D eigenvalue weighted by atomic mass is 9.70. The number of rotatable bonds is 9. The molecule has 2 aromatic heterocycles. The number of aliphatic hydroxyl groups is 1. The van der Waals surface area contributed by atoms with Crippen LogP contribution in [0.1, 0.15) is 58.8 Å². The molecule has 43 heavy (non-hydrogen) atoms. The highest BCUT2D eigenvalue weighted by Crippen LogP contribution is 2.43. The Morgan fingerprint density at radius 1 is 1.16 bits per heavy atom. The van der Waals surface area contributed by atoms with Crippen LogP contribution in [-0.4, -0.2) is 53.7 Å². The monoisotopic (exact) mass is 592 g/mol. The average molecular weight is 593 g/mol. The van der Waals surface area contributed by atoms with E-state index in [1.165, 1.54) is 18.3 Å². The first-order valence-corrected chi connectivity index (χ1v) is 14.5. The zero-order chi connectivity index (χ0) is 30.6. The predicted octanol–water partition coefficient (Wildman–Crippen LogP) is 3.73. The van der Waals surface area contributed by atoms with E-state index in [0.717, 1.165) is 17.3 Å². The Labute approximate surface area is 249 Å². The van der Waals surface area contributed by atoms with Gasteiger partial charge in [0.25, 0.3) is 0 Å². The summed E-state index contributed by atoms with van der Waals surface area (Å²) in [4.78, 5) is 19.9. The standard InChI is InChI=1S/C32H38F2N6O3/c1-37-28-17-38-8-4-24(28)19-12-21(30(27(36)15-19)39-9-7-35)13-20-14-22(32(42)5-10-43-11-6-32)16-26(34)29(20)31-25(33)3-2-23(18-41)40-31/h2-4,7-9,14,16-19,21,27,30,37,39,42H,5-6,10-13,15,35-36H2,1H3/b9-7-. The zero-order valence-corrected chi connectivity index (χ0v) is 24.1. The Hall–Kier alpha value is -3.93. The van der Waals surface area contributed by atoms with Gasteiger partial charge in [-0.25, -0.2) is 13.8 Å². The minimum atomic E-state index is -1.30. The van der Waals surface area contributed by atoms with Gasteiger partial charge in [0.1, 0.15) is 23.0 Å². The Morgan fingerprint density at radius 3 is 2.67 bits per heavy atom. The van der Waals surface area contributed by atoms with Crippen molar-refractivity contribution < 1.29 is 23.4 Å². The maximum absolute atomic E-state index is 16.2. The van der Waals surface area contributed by atoms with Crippen LogP contribution in [0.25, 0.3) is 11.3 Å². The number of pyridine rings is 2. The third kappa shape index (κ3) is 6.39. The normalized spacial score (nSPS) is 23.7. The number of benzene rings is 1. The van der Waals surface area contributed by atoms with Gasteiger partial charge in [-0.05, 0) is 72.1 Å². The Kier molecular flexibility index (Phi) is 9.34. The minimum Gasteiger partial charge on any atom is -0.403 e. The Balaban J connectivity index is 1.63.